The third kappa shape index (κ3) is 3.94. The maximum Gasteiger partial charge on any atom is 0.247 e. The van der Waals surface area contributed by atoms with Crippen LogP contribution < -0.4 is 10.3 Å². The Hall–Kier alpha value is -1.18. The van der Waals surface area contributed by atoms with Crippen LogP contribution in [-0.4, -0.2) is 33.2 Å². The Morgan fingerprint density at radius 2 is 2.06 bits per heavy atom. The second-order valence-electron chi connectivity index (χ2n) is 4.32. The molecule has 0 saturated heterocycles. The Labute approximate surface area is 106 Å². The quantitative estimate of drug-likeness (QED) is 0.782. The third-order valence-corrected chi connectivity index (χ3v) is 4.01. The first kappa shape index (κ1) is 14.9. The number of rotatable bonds is 6. The SMILES string of the molecule is COCC(NS(=O)(=O)c1ccc(=O)[nH]c1)C(C)C. The Bertz CT molecular complexity index is 516. The van der Waals surface area contributed by atoms with Gasteiger partial charge in [-0.1, -0.05) is 13.8 Å². The number of aromatic amines is 1. The third-order valence-electron chi connectivity index (χ3n) is 2.52. The highest BCUT2D eigenvalue weighted by molar-refractivity contribution is 7.89. The first-order valence-electron chi connectivity index (χ1n) is 5.57. The fourth-order valence-corrected chi connectivity index (χ4v) is 2.71. The molecule has 1 aromatic heterocycles. The van der Waals surface area contributed by atoms with E-state index in [2.05, 4.69) is 9.71 Å². The normalized spacial score (nSPS) is 13.8. The van der Waals surface area contributed by atoms with Gasteiger partial charge in [0, 0.05) is 25.4 Å². The van der Waals surface area contributed by atoms with E-state index in [-0.39, 0.29) is 22.4 Å². The maximum absolute atomic E-state index is 12.0. The van der Waals surface area contributed by atoms with Crippen LogP contribution in [0.1, 0.15) is 13.8 Å². The van der Waals surface area contributed by atoms with E-state index in [1.54, 1.807) is 0 Å². The first-order chi connectivity index (χ1) is 8.36. The molecule has 102 valence electrons. The molecule has 0 radical (unpaired) electrons. The highest BCUT2D eigenvalue weighted by Gasteiger charge is 2.22. The predicted octanol–water partition coefficient (Wildman–Crippen LogP) is 0.324. The van der Waals surface area contributed by atoms with Gasteiger partial charge in [-0.15, -0.1) is 0 Å². The molecule has 0 aliphatic heterocycles. The van der Waals surface area contributed by atoms with Crippen LogP contribution in [0.15, 0.2) is 28.0 Å². The number of ether oxygens (including phenoxy) is 1. The summed E-state index contributed by atoms with van der Waals surface area (Å²) in [6.07, 6.45) is 1.18. The van der Waals surface area contributed by atoms with E-state index in [9.17, 15) is 13.2 Å². The van der Waals surface area contributed by atoms with Crippen molar-refractivity contribution in [2.45, 2.75) is 24.8 Å². The van der Waals surface area contributed by atoms with Crippen LogP contribution >= 0.6 is 0 Å². The molecular formula is C11H18N2O4S. The highest BCUT2D eigenvalue weighted by atomic mass is 32.2. The zero-order valence-electron chi connectivity index (χ0n) is 10.6. The molecule has 0 saturated carbocycles. The van der Waals surface area contributed by atoms with E-state index in [0.29, 0.717) is 6.61 Å². The van der Waals surface area contributed by atoms with Gasteiger partial charge in [0.15, 0.2) is 0 Å². The average Bonchev–Trinajstić information content (AvgIpc) is 2.28. The molecule has 1 rings (SSSR count). The summed E-state index contributed by atoms with van der Waals surface area (Å²) < 4.78 is 31.6. The van der Waals surface area contributed by atoms with E-state index < -0.39 is 10.0 Å². The van der Waals surface area contributed by atoms with Crippen LogP contribution in [0.5, 0.6) is 0 Å². The smallest absolute Gasteiger partial charge is 0.247 e. The van der Waals surface area contributed by atoms with Gasteiger partial charge in [0.1, 0.15) is 0 Å². The summed E-state index contributed by atoms with van der Waals surface area (Å²) >= 11 is 0. The molecule has 2 N–H and O–H groups in total. The van der Waals surface area contributed by atoms with E-state index in [0.717, 1.165) is 0 Å². The monoisotopic (exact) mass is 274 g/mol. The second kappa shape index (κ2) is 6.12. The zero-order chi connectivity index (χ0) is 13.8. The largest absolute Gasteiger partial charge is 0.383 e. The summed E-state index contributed by atoms with van der Waals surface area (Å²) in [4.78, 5) is 13.3. The number of pyridine rings is 1. The van der Waals surface area contributed by atoms with Crippen molar-refractivity contribution in [1.29, 1.82) is 0 Å². The molecule has 1 heterocycles. The number of hydrogen-bond acceptors (Lipinski definition) is 4. The second-order valence-corrected chi connectivity index (χ2v) is 6.03. The van der Waals surface area contributed by atoms with Crippen molar-refractivity contribution in [2.75, 3.05) is 13.7 Å². The molecule has 0 aromatic carbocycles. The summed E-state index contributed by atoms with van der Waals surface area (Å²) in [5.74, 6) is 0.0995. The Morgan fingerprint density at radius 3 is 2.50 bits per heavy atom. The van der Waals surface area contributed by atoms with Crippen LogP contribution in [0.4, 0.5) is 0 Å². The number of hydrogen-bond donors (Lipinski definition) is 2. The predicted molar refractivity (Wildman–Crippen MR) is 67.9 cm³/mol. The average molecular weight is 274 g/mol. The first-order valence-corrected chi connectivity index (χ1v) is 7.05. The summed E-state index contributed by atoms with van der Waals surface area (Å²) in [5, 5.41) is 0. The summed E-state index contributed by atoms with van der Waals surface area (Å²) in [6.45, 7) is 4.10. The molecule has 7 heteroatoms. The Kier molecular flexibility index (Phi) is 5.06. The van der Waals surface area contributed by atoms with E-state index in [4.69, 9.17) is 4.74 Å². The highest BCUT2D eigenvalue weighted by Crippen LogP contribution is 2.09. The van der Waals surface area contributed by atoms with Gasteiger partial charge in [0.2, 0.25) is 15.6 Å². The summed E-state index contributed by atoms with van der Waals surface area (Å²) in [7, 11) is -2.13. The zero-order valence-corrected chi connectivity index (χ0v) is 11.5. The van der Waals surface area contributed by atoms with Crippen molar-refractivity contribution in [3.8, 4) is 0 Å². The van der Waals surface area contributed by atoms with Gasteiger partial charge in [-0.05, 0) is 12.0 Å². The summed E-state index contributed by atoms with van der Waals surface area (Å²) in [5.41, 5.74) is -0.341. The van der Waals surface area contributed by atoms with Gasteiger partial charge in [0.05, 0.1) is 11.5 Å². The van der Waals surface area contributed by atoms with Crippen LogP contribution in [0.2, 0.25) is 0 Å². The fourth-order valence-electron chi connectivity index (χ4n) is 1.37. The van der Waals surface area contributed by atoms with Gasteiger partial charge < -0.3 is 9.72 Å². The van der Waals surface area contributed by atoms with Crippen molar-refractivity contribution in [1.82, 2.24) is 9.71 Å². The molecule has 0 amide bonds. The molecule has 0 spiro atoms. The van der Waals surface area contributed by atoms with Crippen molar-refractivity contribution < 1.29 is 13.2 Å². The fraction of sp³-hybridized carbons (Fsp3) is 0.545. The van der Waals surface area contributed by atoms with Gasteiger partial charge in [-0.25, -0.2) is 13.1 Å². The maximum atomic E-state index is 12.0. The van der Waals surface area contributed by atoms with Gasteiger partial charge in [-0.3, -0.25) is 4.79 Å². The van der Waals surface area contributed by atoms with Gasteiger partial charge in [-0.2, -0.15) is 0 Å². The van der Waals surface area contributed by atoms with Crippen molar-refractivity contribution in [3.05, 3.63) is 28.7 Å². The van der Waals surface area contributed by atoms with E-state index in [1.165, 1.54) is 25.4 Å². The Morgan fingerprint density at radius 1 is 1.39 bits per heavy atom. The lowest BCUT2D eigenvalue weighted by Gasteiger charge is -2.21. The molecule has 1 aromatic rings. The number of nitrogens with one attached hydrogen (secondary N) is 2. The van der Waals surface area contributed by atoms with Crippen molar-refractivity contribution >= 4 is 10.0 Å². The minimum Gasteiger partial charge on any atom is -0.383 e. The Balaban J connectivity index is 2.93. The number of methoxy groups -OCH3 is 1. The molecule has 0 fully saturated rings. The number of sulfonamides is 1. The van der Waals surface area contributed by atoms with Crippen LogP contribution in [0.25, 0.3) is 0 Å². The van der Waals surface area contributed by atoms with Crippen molar-refractivity contribution in [2.24, 2.45) is 5.92 Å². The molecule has 0 aliphatic carbocycles. The van der Waals surface area contributed by atoms with Gasteiger partial charge >= 0.3 is 0 Å². The molecule has 6 nitrogen and oxygen atoms in total. The standard InChI is InChI=1S/C11H18N2O4S/c1-8(2)10(7-17-3)13-18(15,16)9-4-5-11(14)12-6-9/h4-6,8,10,13H,7H2,1-3H3,(H,12,14). The lowest BCUT2D eigenvalue weighted by molar-refractivity contribution is 0.157. The van der Waals surface area contributed by atoms with E-state index >= 15 is 0 Å². The lowest BCUT2D eigenvalue weighted by atomic mass is 10.1. The lowest BCUT2D eigenvalue weighted by Crippen LogP contribution is -2.41. The molecular weight excluding hydrogens is 256 g/mol. The van der Waals surface area contributed by atoms with Crippen LogP contribution in [-0.2, 0) is 14.8 Å². The van der Waals surface area contributed by atoms with Crippen LogP contribution in [0.3, 0.4) is 0 Å². The molecule has 1 unspecified atom stereocenters. The molecule has 18 heavy (non-hydrogen) atoms. The minimum atomic E-state index is -3.64. The molecule has 1 atom stereocenters. The van der Waals surface area contributed by atoms with E-state index in [1.807, 2.05) is 13.8 Å². The molecule has 0 aliphatic rings. The summed E-state index contributed by atoms with van der Waals surface area (Å²) in [6, 6.07) is 2.13. The minimum absolute atomic E-state index is 0.0313. The number of aromatic nitrogens is 1. The van der Waals surface area contributed by atoms with Crippen LogP contribution in [0, 0.1) is 5.92 Å². The number of H-pyrrole nitrogens is 1. The van der Waals surface area contributed by atoms with Crippen molar-refractivity contribution in [3.63, 3.8) is 0 Å². The van der Waals surface area contributed by atoms with Gasteiger partial charge in [0.25, 0.3) is 0 Å². The molecule has 0 bridgehead atoms. The topological polar surface area (TPSA) is 88.3 Å².